The van der Waals surface area contributed by atoms with E-state index in [0.717, 1.165) is 12.2 Å². The number of carbonyl (C=O) groups excluding carboxylic acids is 2. The van der Waals surface area contributed by atoms with Gasteiger partial charge in [-0.2, -0.15) is 0 Å². The fraction of sp³-hybridized carbons (Fsp3) is 0.455. The summed E-state index contributed by atoms with van der Waals surface area (Å²) in [4.78, 5) is 22.6. The van der Waals surface area contributed by atoms with Crippen molar-refractivity contribution in [3.05, 3.63) is 25.3 Å². The van der Waals surface area contributed by atoms with Crippen LogP contribution in [0, 0.1) is 0 Å². The molecule has 0 saturated heterocycles. The van der Waals surface area contributed by atoms with Crippen LogP contribution in [0.15, 0.2) is 25.3 Å². The first kappa shape index (κ1) is 16.6. The van der Waals surface area contributed by atoms with Gasteiger partial charge in [0.15, 0.2) is 0 Å². The van der Waals surface area contributed by atoms with Crippen molar-refractivity contribution in [1.29, 1.82) is 0 Å². The molecule has 0 aliphatic rings. The first-order valence-electron chi connectivity index (χ1n) is 5.53. The molecule has 0 aromatic carbocycles. The topological polar surface area (TPSA) is 87.9 Å². The molecule has 7 heteroatoms. The largest absolute Gasteiger partial charge is 0.419 e. The minimum atomic E-state index is -2.57. The highest BCUT2D eigenvalue weighted by Crippen LogP contribution is 2.21. The Morgan fingerprint density at radius 3 is 1.94 bits per heavy atom. The van der Waals surface area contributed by atoms with Gasteiger partial charge < -0.3 is 19.3 Å². The summed E-state index contributed by atoms with van der Waals surface area (Å²) in [6.45, 7) is 10.3. The van der Waals surface area contributed by atoms with Crippen molar-refractivity contribution in [2.75, 3.05) is 6.61 Å². The molecule has 0 spiro atoms. The van der Waals surface area contributed by atoms with Crippen molar-refractivity contribution in [3.63, 3.8) is 0 Å². The number of nitrogens with two attached hydrogens (primary N) is 1. The smallest absolute Gasteiger partial charge is 0.347 e. The van der Waals surface area contributed by atoms with E-state index in [9.17, 15) is 9.59 Å². The highest BCUT2D eigenvalue weighted by atomic mass is 28.3. The molecule has 1 unspecified atom stereocenters. The molecule has 0 bridgehead atoms. The van der Waals surface area contributed by atoms with E-state index in [1.165, 1.54) is 0 Å². The van der Waals surface area contributed by atoms with Gasteiger partial charge in [0.1, 0.15) is 0 Å². The zero-order chi connectivity index (χ0) is 14.2. The molecule has 0 aromatic rings. The van der Waals surface area contributed by atoms with Gasteiger partial charge in [0.2, 0.25) is 0 Å². The summed E-state index contributed by atoms with van der Waals surface area (Å²) in [5, 5.41) is 5.87. The normalized spacial score (nSPS) is 12.4. The summed E-state index contributed by atoms with van der Waals surface area (Å²) in [6, 6.07) is 0. The van der Waals surface area contributed by atoms with E-state index >= 15 is 0 Å². The van der Waals surface area contributed by atoms with Crippen molar-refractivity contribution < 1.29 is 23.5 Å². The van der Waals surface area contributed by atoms with Crippen LogP contribution >= 0.6 is 0 Å². The zero-order valence-corrected chi connectivity index (χ0v) is 11.8. The zero-order valence-electron chi connectivity index (χ0n) is 10.7. The molecule has 0 rings (SSSR count). The van der Waals surface area contributed by atoms with Crippen LogP contribution < -0.4 is 5.40 Å². The van der Waals surface area contributed by atoms with Gasteiger partial charge in [0, 0.05) is 25.2 Å². The number of ether oxygens (including phenoxy) is 2. The van der Waals surface area contributed by atoms with E-state index < -0.39 is 26.6 Å². The van der Waals surface area contributed by atoms with Crippen molar-refractivity contribution in [1.82, 2.24) is 0 Å². The molecule has 1 atom stereocenters. The number of esters is 2. The van der Waals surface area contributed by atoms with Gasteiger partial charge in [-0.15, -0.1) is 0 Å². The summed E-state index contributed by atoms with van der Waals surface area (Å²) >= 11 is 0. The second-order valence-electron chi connectivity index (χ2n) is 3.29. The van der Waals surface area contributed by atoms with Crippen LogP contribution in [0.2, 0.25) is 0 Å². The van der Waals surface area contributed by atoms with E-state index in [0.29, 0.717) is 6.61 Å². The van der Waals surface area contributed by atoms with Crippen LogP contribution in [0.5, 0.6) is 0 Å². The summed E-state index contributed by atoms with van der Waals surface area (Å²) in [5.74, 6) is -1.45. The Balaban J connectivity index is 5.16. The highest BCUT2D eigenvalue weighted by Gasteiger charge is 2.45. The van der Waals surface area contributed by atoms with E-state index in [1.807, 2.05) is 0 Å². The average molecular weight is 273 g/mol. The van der Waals surface area contributed by atoms with Crippen LogP contribution in [0.3, 0.4) is 0 Å². The summed E-state index contributed by atoms with van der Waals surface area (Å²) in [7, 11) is -2.57. The second-order valence-corrected chi connectivity index (χ2v) is 5.35. The van der Waals surface area contributed by atoms with Gasteiger partial charge in [-0.05, 0) is 6.92 Å². The van der Waals surface area contributed by atoms with Crippen LogP contribution in [0.4, 0.5) is 0 Å². The molecule has 18 heavy (non-hydrogen) atoms. The second kappa shape index (κ2) is 7.80. The van der Waals surface area contributed by atoms with Crippen LogP contribution in [0.1, 0.15) is 20.3 Å². The minimum Gasteiger partial charge on any atom is -0.419 e. The SMILES string of the molecule is C=CC(=O)OC(CC)(OC(=O)C=C)[SiH](N)OCC. The molecule has 0 aromatic heterocycles. The third kappa shape index (κ3) is 4.44. The predicted octanol–water partition coefficient (Wildman–Crippen LogP) is 0.306. The maximum atomic E-state index is 11.3. The van der Waals surface area contributed by atoms with Crippen molar-refractivity contribution >= 4 is 21.1 Å². The van der Waals surface area contributed by atoms with Gasteiger partial charge in [0.05, 0.1) is 0 Å². The molecule has 0 fully saturated rings. The lowest BCUT2D eigenvalue weighted by Gasteiger charge is -2.34. The van der Waals surface area contributed by atoms with Crippen molar-refractivity contribution in [3.8, 4) is 0 Å². The van der Waals surface area contributed by atoms with Crippen molar-refractivity contribution in [2.24, 2.45) is 5.40 Å². The molecule has 102 valence electrons. The van der Waals surface area contributed by atoms with Crippen LogP contribution in [-0.4, -0.2) is 33.2 Å². The standard InChI is InChI=1S/C11H19NO5Si/c1-5-9(13)16-11(7-3,17-10(14)6-2)18(12)15-8-4/h5-6,18H,1-2,7-8,12H2,3-4H3. The van der Waals surface area contributed by atoms with Crippen LogP contribution in [0.25, 0.3) is 0 Å². The molecule has 0 radical (unpaired) electrons. The molecule has 0 amide bonds. The Morgan fingerprint density at radius 1 is 1.22 bits per heavy atom. The van der Waals surface area contributed by atoms with Gasteiger partial charge in [-0.3, -0.25) is 0 Å². The predicted molar refractivity (Wildman–Crippen MR) is 68.6 cm³/mol. The summed E-state index contributed by atoms with van der Waals surface area (Å²) in [6.07, 6.45) is 2.14. The number of hydrogen-bond acceptors (Lipinski definition) is 6. The molecule has 6 nitrogen and oxygen atoms in total. The average Bonchev–Trinajstić information content (AvgIpc) is 2.37. The van der Waals surface area contributed by atoms with E-state index in [-0.39, 0.29) is 6.42 Å². The fourth-order valence-corrected chi connectivity index (χ4v) is 2.69. The van der Waals surface area contributed by atoms with Crippen LogP contribution in [-0.2, 0) is 23.5 Å². The lowest BCUT2D eigenvalue weighted by molar-refractivity contribution is -0.200. The Morgan fingerprint density at radius 2 is 1.67 bits per heavy atom. The van der Waals surface area contributed by atoms with Gasteiger partial charge in [-0.25, -0.2) is 9.59 Å². The summed E-state index contributed by atoms with van der Waals surface area (Å²) in [5.41, 5.74) is -1.55. The Bertz CT molecular complexity index is 309. The first-order valence-corrected chi connectivity index (χ1v) is 7.25. The van der Waals surface area contributed by atoms with E-state index in [2.05, 4.69) is 13.2 Å². The highest BCUT2D eigenvalue weighted by molar-refractivity contribution is 6.51. The Labute approximate surface area is 108 Å². The molecule has 0 heterocycles. The third-order valence-electron chi connectivity index (χ3n) is 2.15. The monoisotopic (exact) mass is 273 g/mol. The van der Waals surface area contributed by atoms with Gasteiger partial charge in [-0.1, -0.05) is 20.1 Å². The maximum Gasteiger partial charge on any atom is 0.347 e. The first-order chi connectivity index (χ1) is 8.45. The molecular formula is C11H19NO5Si. The lowest BCUT2D eigenvalue weighted by atomic mass is 10.4. The number of rotatable bonds is 8. The van der Waals surface area contributed by atoms with Gasteiger partial charge >= 0.3 is 21.1 Å². The van der Waals surface area contributed by atoms with E-state index in [1.54, 1.807) is 13.8 Å². The maximum absolute atomic E-state index is 11.3. The van der Waals surface area contributed by atoms with E-state index in [4.69, 9.17) is 19.3 Å². The number of carbonyl (C=O) groups is 2. The number of hydrogen-bond donors (Lipinski definition) is 1. The molecule has 0 aliphatic heterocycles. The van der Waals surface area contributed by atoms with Crippen molar-refractivity contribution in [2.45, 2.75) is 25.7 Å². The minimum absolute atomic E-state index is 0.194. The molecule has 2 N–H and O–H groups in total. The fourth-order valence-electron chi connectivity index (χ4n) is 1.21. The quantitative estimate of drug-likeness (QED) is 0.296. The molecule has 0 aliphatic carbocycles. The Kier molecular flexibility index (Phi) is 7.18. The molecule has 0 saturated carbocycles. The lowest BCUT2D eigenvalue weighted by Crippen LogP contribution is -2.59. The van der Waals surface area contributed by atoms with Gasteiger partial charge in [0.25, 0.3) is 5.41 Å². The third-order valence-corrected chi connectivity index (χ3v) is 4.36. The molecular weight excluding hydrogens is 254 g/mol. The summed E-state index contributed by atoms with van der Waals surface area (Å²) < 4.78 is 15.5. The Hall–Kier alpha value is -1.44.